The second kappa shape index (κ2) is 7.36. The van der Waals surface area contributed by atoms with E-state index in [1.54, 1.807) is 6.07 Å². The SMILES string of the molecule is COC(=O)c1ccc(CNC2CCCCC2CO)nc1. The minimum Gasteiger partial charge on any atom is -0.465 e. The minimum atomic E-state index is -0.371. The van der Waals surface area contributed by atoms with Crippen molar-refractivity contribution in [2.75, 3.05) is 13.7 Å². The van der Waals surface area contributed by atoms with E-state index in [-0.39, 0.29) is 12.6 Å². The highest BCUT2D eigenvalue weighted by Gasteiger charge is 2.23. The first-order valence-electron chi connectivity index (χ1n) is 7.12. The Bertz CT molecular complexity index is 433. The summed E-state index contributed by atoms with van der Waals surface area (Å²) < 4.78 is 4.64. The van der Waals surface area contributed by atoms with E-state index in [1.165, 1.54) is 26.1 Å². The number of carbonyl (C=O) groups excluding carboxylic acids is 1. The van der Waals surface area contributed by atoms with E-state index in [9.17, 15) is 9.90 Å². The van der Waals surface area contributed by atoms with Gasteiger partial charge in [0.05, 0.1) is 18.4 Å². The lowest BCUT2D eigenvalue weighted by atomic mass is 9.85. The number of carbonyl (C=O) groups is 1. The Balaban J connectivity index is 1.88. The molecule has 1 aromatic rings. The number of hydrogen-bond acceptors (Lipinski definition) is 5. The first kappa shape index (κ1) is 14.9. The van der Waals surface area contributed by atoms with Gasteiger partial charge in [-0.2, -0.15) is 0 Å². The van der Waals surface area contributed by atoms with Crippen molar-refractivity contribution in [2.45, 2.75) is 38.3 Å². The molecule has 20 heavy (non-hydrogen) atoms. The highest BCUT2D eigenvalue weighted by molar-refractivity contribution is 5.88. The van der Waals surface area contributed by atoms with Gasteiger partial charge in [0.25, 0.3) is 0 Å². The van der Waals surface area contributed by atoms with Crippen molar-refractivity contribution < 1.29 is 14.6 Å². The zero-order chi connectivity index (χ0) is 14.4. The van der Waals surface area contributed by atoms with Crippen molar-refractivity contribution in [3.05, 3.63) is 29.6 Å². The van der Waals surface area contributed by atoms with Crippen molar-refractivity contribution in [1.29, 1.82) is 0 Å². The molecule has 1 saturated carbocycles. The van der Waals surface area contributed by atoms with Gasteiger partial charge < -0.3 is 15.2 Å². The van der Waals surface area contributed by atoms with Crippen LogP contribution >= 0.6 is 0 Å². The number of methoxy groups -OCH3 is 1. The third kappa shape index (κ3) is 3.77. The Kier molecular flexibility index (Phi) is 5.49. The van der Waals surface area contributed by atoms with Crippen LogP contribution in [0, 0.1) is 5.92 Å². The molecular weight excluding hydrogens is 256 g/mol. The predicted molar refractivity (Wildman–Crippen MR) is 75.2 cm³/mol. The van der Waals surface area contributed by atoms with Crippen molar-refractivity contribution in [3.63, 3.8) is 0 Å². The molecule has 110 valence electrons. The molecule has 1 aliphatic carbocycles. The summed E-state index contributed by atoms with van der Waals surface area (Å²) in [7, 11) is 1.36. The summed E-state index contributed by atoms with van der Waals surface area (Å²) in [5.74, 6) is -0.0253. The Morgan fingerprint density at radius 2 is 2.25 bits per heavy atom. The molecule has 5 heteroatoms. The summed E-state index contributed by atoms with van der Waals surface area (Å²) in [6.07, 6.45) is 6.14. The molecule has 0 aromatic carbocycles. The molecular formula is C15H22N2O3. The first-order valence-corrected chi connectivity index (χ1v) is 7.12. The van der Waals surface area contributed by atoms with Crippen LogP contribution in [0.25, 0.3) is 0 Å². The summed E-state index contributed by atoms with van der Waals surface area (Å²) in [4.78, 5) is 15.6. The van der Waals surface area contributed by atoms with Gasteiger partial charge in [-0.15, -0.1) is 0 Å². The van der Waals surface area contributed by atoms with Crippen molar-refractivity contribution in [3.8, 4) is 0 Å². The van der Waals surface area contributed by atoms with Gasteiger partial charge in [0.1, 0.15) is 0 Å². The molecule has 5 nitrogen and oxygen atoms in total. The molecule has 0 spiro atoms. The van der Waals surface area contributed by atoms with Gasteiger partial charge in [-0.1, -0.05) is 12.8 Å². The molecule has 1 aromatic heterocycles. The number of pyridine rings is 1. The molecule has 1 aliphatic rings. The van der Waals surface area contributed by atoms with Crippen LogP contribution < -0.4 is 5.32 Å². The van der Waals surface area contributed by atoms with E-state index in [0.29, 0.717) is 24.1 Å². The average molecular weight is 278 g/mol. The normalized spacial score (nSPS) is 22.5. The third-order valence-corrected chi connectivity index (χ3v) is 3.93. The molecule has 2 rings (SSSR count). The number of ether oxygens (including phenoxy) is 1. The number of nitrogens with one attached hydrogen (secondary N) is 1. The van der Waals surface area contributed by atoms with Crippen LogP contribution in [0.1, 0.15) is 41.7 Å². The number of hydrogen-bond donors (Lipinski definition) is 2. The van der Waals surface area contributed by atoms with Gasteiger partial charge in [0.2, 0.25) is 0 Å². The molecule has 2 atom stereocenters. The van der Waals surface area contributed by atoms with Crippen LogP contribution in [0.4, 0.5) is 0 Å². The zero-order valence-corrected chi connectivity index (χ0v) is 11.8. The lowest BCUT2D eigenvalue weighted by molar-refractivity contribution is 0.0600. The molecule has 0 aliphatic heterocycles. The van der Waals surface area contributed by atoms with Crippen molar-refractivity contribution >= 4 is 5.97 Å². The second-order valence-electron chi connectivity index (χ2n) is 5.24. The lowest BCUT2D eigenvalue weighted by Gasteiger charge is -2.30. The van der Waals surface area contributed by atoms with E-state index in [2.05, 4.69) is 15.0 Å². The maximum atomic E-state index is 11.3. The van der Waals surface area contributed by atoms with Crippen molar-refractivity contribution in [1.82, 2.24) is 10.3 Å². The van der Waals surface area contributed by atoms with Crippen LogP contribution in [-0.2, 0) is 11.3 Å². The highest BCUT2D eigenvalue weighted by Crippen LogP contribution is 2.24. The summed E-state index contributed by atoms with van der Waals surface area (Å²) in [6.45, 7) is 0.898. The summed E-state index contributed by atoms with van der Waals surface area (Å²) in [5.41, 5.74) is 1.35. The molecule has 0 saturated heterocycles. The number of aliphatic hydroxyl groups excluding tert-OH is 1. The van der Waals surface area contributed by atoms with Crippen molar-refractivity contribution in [2.24, 2.45) is 5.92 Å². The van der Waals surface area contributed by atoms with Crippen LogP contribution in [0.5, 0.6) is 0 Å². The maximum Gasteiger partial charge on any atom is 0.339 e. The highest BCUT2D eigenvalue weighted by atomic mass is 16.5. The predicted octanol–water partition coefficient (Wildman–Crippen LogP) is 1.51. The molecule has 0 amide bonds. The van der Waals surface area contributed by atoms with Gasteiger partial charge in [-0.3, -0.25) is 4.98 Å². The van der Waals surface area contributed by atoms with E-state index in [0.717, 1.165) is 18.5 Å². The third-order valence-electron chi connectivity index (χ3n) is 3.93. The van der Waals surface area contributed by atoms with E-state index in [1.807, 2.05) is 6.07 Å². The van der Waals surface area contributed by atoms with Crippen LogP contribution in [0.2, 0.25) is 0 Å². The second-order valence-corrected chi connectivity index (χ2v) is 5.24. The quantitative estimate of drug-likeness (QED) is 0.799. The molecule has 1 fully saturated rings. The van der Waals surface area contributed by atoms with Gasteiger partial charge in [-0.25, -0.2) is 4.79 Å². The molecule has 0 bridgehead atoms. The zero-order valence-electron chi connectivity index (χ0n) is 11.8. The smallest absolute Gasteiger partial charge is 0.339 e. The Morgan fingerprint density at radius 3 is 2.90 bits per heavy atom. The number of nitrogens with zero attached hydrogens (tertiary/aromatic N) is 1. The molecule has 0 radical (unpaired) electrons. The first-order chi connectivity index (χ1) is 9.74. The van der Waals surface area contributed by atoms with Gasteiger partial charge >= 0.3 is 5.97 Å². The van der Waals surface area contributed by atoms with E-state index in [4.69, 9.17) is 0 Å². The fourth-order valence-corrected chi connectivity index (χ4v) is 2.70. The number of aromatic nitrogens is 1. The largest absolute Gasteiger partial charge is 0.465 e. The molecule has 1 heterocycles. The molecule has 2 unspecified atom stereocenters. The van der Waals surface area contributed by atoms with Crippen LogP contribution in [-0.4, -0.2) is 35.8 Å². The topological polar surface area (TPSA) is 71.5 Å². The van der Waals surface area contributed by atoms with E-state index >= 15 is 0 Å². The van der Waals surface area contributed by atoms with Gasteiger partial charge in [0.15, 0.2) is 0 Å². The molecule has 2 N–H and O–H groups in total. The van der Waals surface area contributed by atoms with Crippen LogP contribution in [0.15, 0.2) is 18.3 Å². The fraction of sp³-hybridized carbons (Fsp3) is 0.600. The number of rotatable bonds is 5. The Morgan fingerprint density at radius 1 is 1.45 bits per heavy atom. The van der Waals surface area contributed by atoms with Gasteiger partial charge in [0, 0.05) is 25.4 Å². The van der Waals surface area contributed by atoms with Crippen LogP contribution in [0.3, 0.4) is 0 Å². The monoisotopic (exact) mass is 278 g/mol. The van der Waals surface area contributed by atoms with Gasteiger partial charge in [-0.05, 0) is 30.9 Å². The standard InChI is InChI=1S/C15H22N2O3/c1-20-15(19)11-6-7-13(16-8-11)9-17-14-5-3-2-4-12(14)10-18/h6-8,12,14,17-18H,2-5,9-10H2,1H3. The maximum absolute atomic E-state index is 11.3. The minimum absolute atomic E-state index is 0.242. The number of esters is 1. The summed E-state index contributed by atoms with van der Waals surface area (Å²) in [6, 6.07) is 3.91. The van der Waals surface area contributed by atoms with E-state index < -0.39 is 0 Å². The average Bonchev–Trinajstić information content (AvgIpc) is 2.53. The number of aliphatic hydroxyl groups is 1. The fourth-order valence-electron chi connectivity index (χ4n) is 2.70. The summed E-state index contributed by atoms with van der Waals surface area (Å²) >= 11 is 0. The Hall–Kier alpha value is -1.46. The Labute approximate surface area is 119 Å². The summed E-state index contributed by atoms with van der Waals surface area (Å²) in [5, 5.41) is 12.8. The lowest BCUT2D eigenvalue weighted by Crippen LogP contribution is -2.39.